The second-order valence-corrected chi connectivity index (χ2v) is 11.2. The summed E-state index contributed by atoms with van der Waals surface area (Å²) in [6.45, 7) is 17.9. The van der Waals surface area contributed by atoms with Gasteiger partial charge in [-0.25, -0.2) is 17.2 Å². The second-order valence-electron chi connectivity index (χ2n) is 11.2. The Bertz CT molecular complexity index is 1230. The molecular formula is C32H34Cl2Zr. The molecule has 35 heavy (non-hydrogen) atoms. The van der Waals surface area contributed by atoms with Gasteiger partial charge < -0.3 is 24.8 Å². The zero-order valence-electron chi connectivity index (χ0n) is 22.1. The molecular weight excluding hydrogens is 546 g/mol. The predicted molar refractivity (Wildman–Crippen MR) is 138 cm³/mol. The molecule has 0 heterocycles. The first kappa shape index (κ1) is 30.0. The van der Waals surface area contributed by atoms with Crippen LogP contribution in [0.2, 0.25) is 0 Å². The van der Waals surface area contributed by atoms with E-state index in [-0.39, 0.29) is 61.8 Å². The monoisotopic (exact) mass is 578 g/mol. The molecule has 3 aromatic rings. The maximum Gasteiger partial charge on any atom is 4.00 e. The molecule has 180 valence electrons. The van der Waals surface area contributed by atoms with E-state index in [0.29, 0.717) is 0 Å². The standard InChI is InChI=1S/C25H25.C7H9.2ClH.Zr/c1-14-12-24(3,4)22-8-16-7-17-9-23-19(15(2)13-25(23,5)6)11-21(17)20(16)10-18(14)22;1-6-3-4-7(2)5-6;;;/h8-12H,7H2,1-6H3;3-5H,1-2H3;2*1H;/q2*-1;;;+4/p-2. The molecule has 0 aromatic heterocycles. The van der Waals surface area contributed by atoms with Crippen molar-refractivity contribution in [1.82, 2.24) is 0 Å². The number of hydrogen-bond donors (Lipinski definition) is 0. The molecule has 0 spiro atoms. The van der Waals surface area contributed by atoms with Crippen molar-refractivity contribution in [2.45, 2.75) is 72.6 Å². The molecule has 0 bridgehead atoms. The van der Waals surface area contributed by atoms with E-state index in [9.17, 15) is 0 Å². The van der Waals surface area contributed by atoms with Crippen LogP contribution in [0.3, 0.4) is 0 Å². The third kappa shape index (κ3) is 5.12. The van der Waals surface area contributed by atoms with Crippen LogP contribution in [0.15, 0.2) is 48.5 Å². The van der Waals surface area contributed by atoms with Crippen LogP contribution in [0.25, 0.3) is 22.3 Å². The molecule has 3 aliphatic rings. The van der Waals surface area contributed by atoms with Gasteiger partial charge in [0.1, 0.15) is 0 Å². The van der Waals surface area contributed by atoms with Gasteiger partial charge in [0, 0.05) is 5.41 Å². The van der Waals surface area contributed by atoms with Crippen LogP contribution >= 0.6 is 0 Å². The minimum absolute atomic E-state index is 0. The summed E-state index contributed by atoms with van der Waals surface area (Å²) in [4.78, 5) is 0. The van der Waals surface area contributed by atoms with Gasteiger partial charge in [0.15, 0.2) is 0 Å². The largest absolute Gasteiger partial charge is 4.00 e. The van der Waals surface area contributed by atoms with E-state index in [4.69, 9.17) is 0 Å². The SMILES string of the molecule is CC1=[C-]C(C)(C)c2cc3c(cc21)-c1cc2c(cc1C3)C(C)(C)C=C2C.Cc1c[cH-]c(C)c1.[Cl-].[Cl-].[Zr+4]. The van der Waals surface area contributed by atoms with Crippen LogP contribution < -0.4 is 24.8 Å². The number of allylic oxidation sites excluding steroid dienone is 4. The summed E-state index contributed by atoms with van der Waals surface area (Å²) in [6, 6.07) is 16.2. The van der Waals surface area contributed by atoms with Gasteiger partial charge in [0.25, 0.3) is 0 Å². The van der Waals surface area contributed by atoms with E-state index < -0.39 is 0 Å². The Morgan fingerprint density at radius 1 is 0.743 bits per heavy atom. The predicted octanol–water partition coefficient (Wildman–Crippen LogP) is 2.48. The fourth-order valence-corrected chi connectivity index (χ4v) is 5.99. The van der Waals surface area contributed by atoms with Crippen molar-refractivity contribution in [3.05, 3.63) is 99.1 Å². The number of rotatable bonds is 0. The van der Waals surface area contributed by atoms with Gasteiger partial charge >= 0.3 is 26.2 Å². The Kier molecular flexibility index (Phi) is 8.77. The van der Waals surface area contributed by atoms with E-state index in [0.717, 1.165) is 6.42 Å². The summed E-state index contributed by atoms with van der Waals surface area (Å²) >= 11 is 0. The molecule has 0 saturated carbocycles. The van der Waals surface area contributed by atoms with Gasteiger partial charge in [0.2, 0.25) is 0 Å². The van der Waals surface area contributed by atoms with Crippen LogP contribution in [0.1, 0.15) is 86.1 Å². The Balaban J connectivity index is 0.000000378. The first-order chi connectivity index (χ1) is 15.0. The molecule has 0 N–H and O–H groups in total. The Morgan fingerprint density at radius 3 is 1.83 bits per heavy atom. The molecule has 3 aromatic carbocycles. The molecule has 0 saturated heterocycles. The number of aryl methyl sites for hydroxylation is 2. The topological polar surface area (TPSA) is 0 Å². The van der Waals surface area contributed by atoms with Gasteiger partial charge in [-0.3, -0.25) is 6.08 Å². The van der Waals surface area contributed by atoms with Gasteiger partial charge in [-0.1, -0.05) is 72.1 Å². The average Bonchev–Trinajstić information content (AvgIpc) is 3.37. The van der Waals surface area contributed by atoms with Gasteiger partial charge in [-0.15, -0.1) is 11.6 Å². The van der Waals surface area contributed by atoms with E-state index in [1.54, 1.807) is 0 Å². The molecule has 0 fully saturated rings. The molecule has 3 aliphatic carbocycles. The van der Waals surface area contributed by atoms with Crippen molar-refractivity contribution < 1.29 is 51.0 Å². The minimum Gasteiger partial charge on any atom is -1.00 e. The van der Waals surface area contributed by atoms with E-state index in [1.807, 2.05) is 0 Å². The number of hydrogen-bond acceptors (Lipinski definition) is 0. The minimum atomic E-state index is 0. The maximum absolute atomic E-state index is 3.65. The second kappa shape index (κ2) is 10.2. The molecule has 0 nitrogen and oxygen atoms in total. The molecule has 0 radical (unpaired) electrons. The Morgan fingerprint density at radius 2 is 1.31 bits per heavy atom. The third-order valence-electron chi connectivity index (χ3n) is 7.50. The Hall–Kier alpha value is -1.27. The molecule has 3 heteroatoms. The van der Waals surface area contributed by atoms with Gasteiger partial charge in [-0.05, 0) is 58.4 Å². The van der Waals surface area contributed by atoms with Crippen molar-refractivity contribution in [1.29, 1.82) is 0 Å². The van der Waals surface area contributed by atoms with Gasteiger partial charge in [-0.2, -0.15) is 23.3 Å². The fourth-order valence-electron chi connectivity index (χ4n) is 5.99. The van der Waals surface area contributed by atoms with E-state index in [1.165, 1.54) is 66.8 Å². The Labute approximate surface area is 243 Å². The third-order valence-corrected chi connectivity index (χ3v) is 7.50. The summed E-state index contributed by atoms with van der Waals surface area (Å²) in [5, 5.41) is 0. The van der Waals surface area contributed by atoms with Crippen LogP contribution in [0.5, 0.6) is 0 Å². The summed E-state index contributed by atoms with van der Waals surface area (Å²) < 4.78 is 0. The van der Waals surface area contributed by atoms with Gasteiger partial charge in [0.05, 0.1) is 0 Å². The molecule has 0 unspecified atom stereocenters. The summed E-state index contributed by atoms with van der Waals surface area (Å²) in [5.74, 6) is 0. The van der Waals surface area contributed by atoms with E-state index in [2.05, 4.69) is 110 Å². The van der Waals surface area contributed by atoms with Crippen LogP contribution in [0.4, 0.5) is 0 Å². The van der Waals surface area contributed by atoms with Crippen molar-refractivity contribution in [3.63, 3.8) is 0 Å². The summed E-state index contributed by atoms with van der Waals surface area (Å²) in [7, 11) is 0. The van der Waals surface area contributed by atoms with Crippen LogP contribution in [0, 0.1) is 19.9 Å². The maximum atomic E-state index is 3.65. The number of benzene rings is 2. The first-order valence-corrected chi connectivity index (χ1v) is 11.8. The van der Waals surface area contributed by atoms with Crippen LogP contribution in [-0.4, -0.2) is 0 Å². The van der Waals surface area contributed by atoms with Crippen molar-refractivity contribution in [3.8, 4) is 11.1 Å². The van der Waals surface area contributed by atoms with Crippen molar-refractivity contribution >= 4 is 11.1 Å². The molecule has 0 amide bonds. The zero-order valence-corrected chi connectivity index (χ0v) is 26.1. The molecule has 6 rings (SSSR count). The van der Waals surface area contributed by atoms with Crippen molar-refractivity contribution in [2.24, 2.45) is 0 Å². The molecule has 0 atom stereocenters. The fraction of sp³-hybridized carbons (Fsp3) is 0.344. The zero-order chi connectivity index (χ0) is 23.0. The first-order valence-electron chi connectivity index (χ1n) is 11.8. The van der Waals surface area contributed by atoms with Crippen LogP contribution in [-0.2, 0) is 43.5 Å². The van der Waals surface area contributed by atoms with Crippen molar-refractivity contribution in [2.75, 3.05) is 0 Å². The molecule has 0 aliphatic heterocycles. The van der Waals surface area contributed by atoms with E-state index >= 15 is 0 Å². The normalized spacial score (nSPS) is 16.6. The number of halogens is 2. The summed E-state index contributed by atoms with van der Waals surface area (Å²) in [6.07, 6.45) is 7.13. The average molecular weight is 581 g/mol. The smallest absolute Gasteiger partial charge is 1.00 e. The quantitative estimate of drug-likeness (QED) is 0.281. The number of fused-ring (bicyclic) bond motifs is 5. The summed E-state index contributed by atoms with van der Waals surface area (Å²) in [5.41, 5.74) is 17.3.